The number of anilines is 1. The van der Waals surface area contributed by atoms with E-state index in [0.717, 1.165) is 0 Å². The van der Waals surface area contributed by atoms with Gasteiger partial charge in [0.25, 0.3) is 0 Å². The number of nitrogens with two attached hydrogens (primary N) is 1. The molecule has 4 atom stereocenters. The van der Waals surface area contributed by atoms with Gasteiger partial charge in [-0.15, -0.1) is 0 Å². The Labute approximate surface area is 121 Å². The summed E-state index contributed by atoms with van der Waals surface area (Å²) in [6.07, 6.45) is 0.0907. The molecule has 0 bridgehead atoms. The van der Waals surface area contributed by atoms with Crippen molar-refractivity contribution in [1.82, 2.24) is 9.55 Å². The van der Waals surface area contributed by atoms with E-state index in [9.17, 15) is 14.7 Å². The quantitative estimate of drug-likeness (QED) is 0.731. The molecule has 1 fully saturated rings. The number of carbonyl (C=O) groups excluding carboxylic acids is 1. The number of ether oxygens (including phenoxy) is 2. The van der Waals surface area contributed by atoms with Crippen LogP contribution in [-0.4, -0.2) is 39.4 Å². The highest BCUT2D eigenvalue weighted by molar-refractivity contribution is 5.66. The molecular formula is C13H19N3O5. The Morgan fingerprint density at radius 1 is 1.62 bits per heavy atom. The van der Waals surface area contributed by atoms with Crippen molar-refractivity contribution in [3.05, 3.63) is 22.7 Å². The largest absolute Gasteiger partial charge is 0.457 e. The highest BCUT2D eigenvalue weighted by atomic mass is 16.6. The summed E-state index contributed by atoms with van der Waals surface area (Å²) < 4.78 is 12.2. The summed E-state index contributed by atoms with van der Waals surface area (Å²) in [5.74, 6) is -0.570. The zero-order valence-corrected chi connectivity index (χ0v) is 11.9. The Bertz CT molecular complexity index is 573. The van der Waals surface area contributed by atoms with Gasteiger partial charge in [0.15, 0.2) is 12.3 Å². The SMILES string of the molecule is CC[C@H]1[C@@H](OC(C)=O)[C@H](n2ccc(N)nc2=O)O[C@@H]1CO. The second-order valence-corrected chi connectivity index (χ2v) is 4.94. The number of aliphatic hydroxyl groups excluding tert-OH is 1. The zero-order chi connectivity index (χ0) is 15.6. The molecule has 0 amide bonds. The number of nitrogen functional groups attached to an aromatic ring is 1. The third kappa shape index (κ3) is 3.06. The van der Waals surface area contributed by atoms with E-state index in [2.05, 4.69) is 4.98 Å². The lowest BCUT2D eigenvalue weighted by molar-refractivity contribution is -0.154. The van der Waals surface area contributed by atoms with Crippen molar-refractivity contribution in [2.24, 2.45) is 5.92 Å². The topological polar surface area (TPSA) is 117 Å². The first-order valence-corrected chi connectivity index (χ1v) is 6.76. The van der Waals surface area contributed by atoms with Crippen LogP contribution in [0.4, 0.5) is 5.82 Å². The average molecular weight is 297 g/mol. The Morgan fingerprint density at radius 2 is 2.33 bits per heavy atom. The van der Waals surface area contributed by atoms with E-state index in [1.807, 2.05) is 6.92 Å². The summed E-state index contributed by atoms with van der Waals surface area (Å²) in [5.41, 5.74) is 4.87. The van der Waals surface area contributed by atoms with Gasteiger partial charge < -0.3 is 20.3 Å². The molecule has 21 heavy (non-hydrogen) atoms. The van der Waals surface area contributed by atoms with Crippen molar-refractivity contribution in [2.45, 2.75) is 38.7 Å². The molecule has 2 rings (SSSR count). The number of rotatable bonds is 4. The van der Waals surface area contributed by atoms with Crippen molar-refractivity contribution in [2.75, 3.05) is 12.3 Å². The lowest BCUT2D eigenvalue weighted by Crippen LogP contribution is -2.36. The van der Waals surface area contributed by atoms with E-state index in [-0.39, 0.29) is 18.3 Å². The van der Waals surface area contributed by atoms with Crippen LogP contribution in [-0.2, 0) is 14.3 Å². The van der Waals surface area contributed by atoms with Crippen LogP contribution in [0, 0.1) is 5.92 Å². The number of aliphatic hydroxyl groups is 1. The molecular weight excluding hydrogens is 278 g/mol. The Balaban J connectivity index is 2.39. The van der Waals surface area contributed by atoms with Crippen LogP contribution in [0.3, 0.4) is 0 Å². The molecule has 116 valence electrons. The molecule has 8 heteroatoms. The van der Waals surface area contributed by atoms with E-state index in [4.69, 9.17) is 15.2 Å². The molecule has 0 spiro atoms. The number of hydrogen-bond donors (Lipinski definition) is 2. The van der Waals surface area contributed by atoms with Crippen LogP contribution >= 0.6 is 0 Å². The van der Waals surface area contributed by atoms with Crippen molar-refractivity contribution < 1.29 is 19.4 Å². The highest BCUT2D eigenvalue weighted by Crippen LogP contribution is 2.37. The van der Waals surface area contributed by atoms with Crippen molar-refractivity contribution >= 4 is 11.8 Å². The predicted molar refractivity (Wildman–Crippen MR) is 73.2 cm³/mol. The molecule has 3 N–H and O–H groups in total. The van der Waals surface area contributed by atoms with Gasteiger partial charge in [-0.3, -0.25) is 9.36 Å². The molecule has 1 saturated heterocycles. The van der Waals surface area contributed by atoms with Crippen LogP contribution in [0.15, 0.2) is 17.1 Å². The summed E-state index contributed by atoms with van der Waals surface area (Å²) >= 11 is 0. The number of hydrogen-bond acceptors (Lipinski definition) is 7. The molecule has 1 aromatic rings. The van der Waals surface area contributed by atoms with Gasteiger partial charge >= 0.3 is 11.7 Å². The van der Waals surface area contributed by atoms with E-state index >= 15 is 0 Å². The fraction of sp³-hybridized carbons (Fsp3) is 0.615. The summed E-state index contributed by atoms with van der Waals surface area (Å²) in [6.45, 7) is 2.98. The molecule has 0 saturated carbocycles. The molecule has 1 aliphatic rings. The number of carbonyl (C=O) groups is 1. The molecule has 0 unspecified atom stereocenters. The minimum absolute atomic E-state index is 0.101. The second kappa shape index (κ2) is 6.23. The Hall–Kier alpha value is -1.93. The van der Waals surface area contributed by atoms with Gasteiger partial charge in [0.2, 0.25) is 0 Å². The first-order valence-electron chi connectivity index (χ1n) is 6.76. The lowest BCUT2D eigenvalue weighted by Gasteiger charge is -2.23. The summed E-state index contributed by atoms with van der Waals surface area (Å²) in [5, 5.41) is 9.41. The molecule has 1 aromatic heterocycles. The van der Waals surface area contributed by atoms with Crippen molar-refractivity contribution in [3.8, 4) is 0 Å². The first-order chi connectivity index (χ1) is 9.97. The van der Waals surface area contributed by atoms with Crippen LogP contribution in [0.2, 0.25) is 0 Å². The van der Waals surface area contributed by atoms with Gasteiger partial charge in [0, 0.05) is 19.0 Å². The summed E-state index contributed by atoms with van der Waals surface area (Å²) in [6, 6.07) is 1.46. The molecule has 0 aromatic carbocycles. The Morgan fingerprint density at radius 3 is 2.86 bits per heavy atom. The molecule has 2 heterocycles. The molecule has 1 aliphatic heterocycles. The van der Waals surface area contributed by atoms with Crippen LogP contribution in [0.1, 0.15) is 26.5 Å². The van der Waals surface area contributed by atoms with E-state index < -0.39 is 30.1 Å². The number of aromatic nitrogens is 2. The third-order valence-corrected chi connectivity index (χ3v) is 3.57. The maximum atomic E-state index is 11.9. The zero-order valence-electron chi connectivity index (χ0n) is 11.9. The molecule has 0 aliphatic carbocycles. The average Bonchev–Trinajstić information content (AvgIpc) is 2.75. The Kier molecular flexibility index (Phi) is 4.59. The maximum Gasteiger partial charge on any atom is 0.351 e. The van der Waals surface area contributed by atoms with Gasteiger partial charge in [0.1, 0.15) is 5.82 Å². The van der Waals surface area contributed by atoms with E-state index in [0.29, 0.717) is 6.42 Å². The molecule has 0 radical (unpaired) electrons. The third-order valence-electron chi connectivity index (χ3n) is 3.57. The number of nitrogens with zero attached hydrogens (tertiary/aromatic N) is 2. The van der Waals surface area contributed by atoms with Crippen molar-refractivity contribution in [1.29, 1.82) is 0 Å². The van der Waals surface area contributed by atoms with Gasteiger partial charge in [-0.25, -0.2) is 4.79 Å². The van der Waals surface area contributed by atoms with Crippen LogP contribution in [0.25, 0.3) is 0 Å². The fourth-order valence-corrected chi connectivity index (χ4v) is 2.63. The van der Waals surface area contributed by atoms with Crippen LogP contribution < -0.4 is 11.4 Å². The summed E-state index contributed by atoms with van der Waals surface area (Å²) in [4.78, 5) is 26.9. The van der Waals surface area contributed by atoms with Gasteiger partial charge in [0.05, 0.1) is 12.7 Å². The van der Waals surface area contributed by atoms with E-state index in [1.54, 1.807) is 0 Å². The summed E-state index contributed by atoms with van der Waals surface area (Å²) in [7, 11) is 0. The van der Waals surface area contributed by atoms with Crippen LogP contribution in [0.5, 0.6) is 0 Å². The first kappa shape index (κ1) is 15.5. The highest BCUT2D eigenvalue weighted by Gasteiger charge is 2.46. The van der Waals surface area contributed by atoms with Gasteiger partial charge in [-0.1, -0.05) is 6.92 Å². The standard InChI is InChI=1S/C13H19N3O5/c1-3-8-9(6-17)21-12(11(8)20-7(2)18)16-5-4-10(14)15-13(16)19/h4-5,8-9,11-12,17H,3,6H2,1-2H3,(H2,14,15,19)/t8-,9-,11-,12-/m1/s1. The lowest BCUT2D eigenvalue weighted by atomic mass is 9.95. The molecule has 8 nitrogen and oxygen atoms in total. The normalized spacial score (nSPS) is 28.5. The fourth-order valence-electron chi connectivity index (χ4n) is 2.63. The van der Waals surface area contributed by atoms with Gasteiger partial charge in [-0.2, -0.15) is 4.98 Å². The predicted octanol–water partition coefficient (Wildman–Crippen LogP) is -0.327. The minimum Gasteiger partial charge on any atom is -0.457 e. The second-order valence-electron chi connectivity index (χ2n) is 4.94. The number of esters is 1. The maximum absolute atomic E-state index is 11.9. The van der Waals surface area contributed by atoms with Crippen molar-refractivity contribution in [3.63, 3.8) is 0 Å². The smallest absolute Gasteiger partial charge is 0.351 e. The minimum atomic E-state index is -0.823. The van der Waals surface area contributed by atoms with Gasteiger partial charge in [-0.05, 0) is 12.5 Å². The van der Waals surface area contributed by atoms with E-state index in [1.165, 1.54) is 23.8 Å². The monoisotopic (exact) mass is 297 g/mol.